The van der Waals surface area contributed by atoms with Crippen molar-refractivity contribution in [3.63, 3.8) is 0 Å². The molecule has 44 heavy (non-hydrogen) atoms. The fraction of sp³-hybridized carbons (Fsp3) is 0.190. The zero-order valence-corrected chi connectivity index (χ0v) is 28.7. The van der Waals surface area contributed by atoms with E-state index in [1.807, 2.05) is 0 Å². The van der Waals surface area contributed by atoms with Gasteiger partial charge in [-0.1, -0.05) is 171 Å². The van der Waals surface area contributed by atoms with Crippen LogP contribution in [0.1, 0.15) is 63.8 Å². The predicted molar refractivity (Wildman–Crippen MR) is 186 cm³/mol. The fourth-order valence-corrected chi connectivity index (χ4v) is 10.4. The van der Waals surface area contributed by atoms with Gasteiger partial charge in [-0.3, -0.25) is 0 Å². The largest absolute Gasteiger partial charge is 2.00 e. The Balaban J connectivity index is 0.000000251. The molecular weight excluding hydrogens is 591 g/mol. The maximum Gasteiger partial charge on any atom is 2.00 e. The SMILES string of the molecule is CC(C)(C)P([C]1[CH][CH][CH][CH]1)C(C)(C)C.[CH]1[C](c2ccccc2)[C](c2ccccc2)[C](c2ccccc2)[C]1c1ccccc1.[Fe+2]. The fourth-order valence-electron chi connectivity index (χ4n) is 6.35. The van der Waals surface area contributed by atoms with Crippen LogP contribution in [0, 0.1) is 61.4 Å². The van der Waals surface area contributed by atoms with Crippen LogP contribution in [0.5, 0.6) is 0 Å². The third-order valence-corrected chi connectivity index (χ3v) is 11.1. The second-order valence-corrected chi connectivity index (χ2v) is 16.9. The standard InChI is InChI=1S/C29H21.C13H22P.Fe/c1-5-13-22(14-6-1)26-21-27(23-15-7-2-8-16-23)29(25-19-11-4-12-20-25)28(26)24-17-9-3-10-18-24;1-12(2,3)14(13(4,5)6)11-9-7-8-10-11;/h1-21H;7-10H,1-6H3;/q;;+2. The van der Waals surface area contributed by atoms with Gasteiger partial charge in [0.2, 0.25) is 0 Å². The molecule has 2 aliphatic rings. The van der Waals surface area contributed by atoms with Gasteiger partial charge in [-0.25, -0.2) is 0 Å². The molecule has 222 valence electrons. The Labute approximate surface area is 280 Å². The molecule has 2 fully saturated rings. The zero-order valence-electron chi connectivity index (χ0n) is 26.7. The molecule has 2 aliphatic carbocycles. The first-order chi connectivity index (χ1) is 20.6. The van der Waals surface area contributed by atoms with Gasteiger partial charge in [-0.15, -0.1) is 0 Å². The normalized spacial score (nSPS) is 17.3. The van der Waals surface area contributed by atoms with E-state index in [1.165, 1.54) is 45.9 Å². The summed E-state index contributed by atoms with van der Waals surface area (Å²) in [5.74, 6) is 5.13. The van der Waals surface area contributed by atoms with E-state index < -0.39 is 0 Å². The van der Waals surface area contributed by atoms with Crippen LogP contribution in [0.25, 0.3) is 0 Å². The predicted octanol–water partition coefficient (Wildman–Crippen LogP) is 11.1. The summed E-state index contributed by atoms with van der Waals surface area (Å²) in [5.41, 5.74) is 6.51. The van der Waals surface area contributed by atoms with Crippen LogP contribution in [0.15, 0.2) is 121 Å². The van der Waals surface area contributed by atoms with Crippen LogP contribution in [0.2, 0.25) is 0 Å². The quantitative estimate of drug-likeness (QED) is 0.151. The summed E-state index contributed by atoms with van der Waals surface area (Å²) in [6, 6.07) is 42.9. The second-order valence-electron chi connectivity index (χ2n) is 13.0. The van der Waals surface area contributed by atoms with Crippen molar-refractivity contribution in [3.8, 4) is 0 Å². The Bertz CT molecular complexity index is 1270. The summed E-state index contributed by atoms with van der Waals surface area (Å²) in [6.07, 6.45) is 11.2. The van der Waals surface area contributed by atoms with E-state index in [9.17, 15) is 0 Å². The summed E-state index contributed by atoms with van der Waals surface area (Å²) in [6.45, 7) is 14.1. The van der Waals surface area contributed by atoms with Gasteiger partial charge in [-0.05, 0) is 64.7 Å². The van der Waals surface area contributed by atoms with Gasteiger partial charge in [0.15, 0.2) is 0 Å². The van der Waals surface area contributed by atoms with Gasteiger partial charge in [0.05, 0.1) is 0 Å². The molecule has 4 aromatic rings. The summed E-state index contributed by atoms with van der Waals surface area (Å²) >= 11 is 0. The van der Waals surface area contributed by atoms with E-state index in [0.29, 0.717) is 10.3 Å². The van der Waals surface area contributed by atoms with E-state index in [2.05, 4.69) is 195 Å². The molecule has 0 saturated heterocycles. The number of rotatable bonds is 5. The molecule has 0 aromatic heterocycles. The van der Waals surface area contributed by atoms with Gasteiger partial charge >= 0.3 is 17.1 Å². The minimum absolute atomic E-state index is 0. The minimum Gasteiger partial charge on any atom is -0.0877 e. The average Bonchev–Trinajstić information content (AvgIpc) is 3.66. The van der Waals surface area contributed by atoms with Gasteiger partial charge in [-0.2, -0.15) is 0 Å². The zero-order chi connectivity index (χ0) is 30.5. The second kappa shape index (κ2) is 15.4. The maximum absolute atomic E-state index is 2.36. The van der Waals surface area contributed by atoms with Crippen LogP contribution in [-0.4, -0.2) is 10.3 Å². The molecule has 10 radical (unpaired) electrons. The molecule has 0 N–H and O–H groups in total. The van der Waals surface area contributed by atoms with E-state index >= 15 is 0 Å². The van der Waals surface area contributed by atoms with Crippen LogP contribution < -0.4 is 0 Å². The van der Waals surface area contributed by atoms with E-state index in [4.69, 9.17) is 0 Å². The Morgan fingerprint density at radius 1 is 0.409 bits per heavy atom. The van der Waals surface area contributed by atoms with Gasteiger partial charge < -0.3 is 0 Å². The molecule has 0 heterocycles. The average molecular weight is 635 g/mol. The van der Waals surface area contributed by atoms with Crippen molar-refractivity contribution in [2.24, 2.45) is 0 Å². The molecule has 2 saturated carbocycles. The van der Waals surface area contributed by atoms with E-state index in [1.54, 1.807) is 5.66 Å². The molecule has 0 spiro atoms. The van der Waals surface area contributed by atoms with E-state index in [-0.39, 0.29) is 25.0 Å². The molecule has 0 atom stereocenters. The first-order valence-corrected chi connectivity index (χ1v) is 16.6. The Morgan fingerprint density at radius 2 is 0.705 bits per heavy atom. The molecule has 0 amide bonds. The van der Waals surface area contributed by atoms with Crippen molar-refractivity contribution in [2.45, 2.75) is 51.9 Å². The van der Waals surface area contributed by atoms with Crippen molar-refractivity contribution >= 4 is 7.92 Å². The molecule has 6 rings (SSSR count). The van der Waals surface area contributed by atoms with Crippen molar-refractivity contribution in [1.29, 1.82) is 0 Å². The topological polar surface area (TPSA) is 0 Å². The Hall–Kier alpha value is -2.17. The Morgan fingerprint density at radius 3 is 1.00 bits per heavy atom. The summed E-state index contributed by atoms with van der Waals surface area (Å²) in [4.78, 5) is 0. The van der Waals surface area contributed by atoms with Crippen molar-refractivity contribution < 1.29 is 17.1 Å². The summed E-state index contributed by atoms with van der Waals surface area (Å²) < 4.78 is 0. The molecule has 0 aliphatic heterocycles. The maximum atomic E-state index is 2.36. The summed E-state index contributed by atoms with van der Waals surface area (Å²) in [5, 5.41) is 0.782. The van der Waals surface area contributed by atoms with Crippen molar-refractivity contribution in [1.82, 2.24) is 0 Å². The first kappa shape index (κ1) is 34.7. The molecule has 2 heteroatoms. The molecule has 0 bridgehead atoms. The molecule has 0 unspecified atom stereocenters. The molecular formula is C42H43FeP+2. The number of hydrogen-bond donors (Lipinski definition) is 0. The smallest absolute Gasteiger partial charge is 0.0877 e. The van der Waals surface area contributed by atoms with Crippen LogP contribution in [0.4, 0.5) is 0 Å². The van der Waals surface area contributed by atoms with Gasteiger partial charge in [0.25, 0.3) is 0 Å². The van der Waals surface area contributed by atoms with Crippen LogP contribution >= 0.6 is 7.92 Å². The molecule has 0 nitrogen and oxygen atoms in total. The monoisotopic (exact) mass is 634 g/mol. The third kappa shape index (κ3) is 8.35. The summed E-state index contributed by atoms with van der Waals surface area (Å²) in [7, 11) is -0.101. The van der Waals surface area contributed by atoms with Crippen molar-refractivity contribution in [2.75, 3.05) is 0 Å². The van der Waals surface area contributed by atoms with Crippen LogP contribution in [-0.2, 0) is 17.1 Å². The van der Waals surface area contributed by atoms with Gasteiger partial charge in [0.1, 0.15) is 0 Å². The Kier molecular flexibility index (Phi) is 12.2. The molecule has 4 aromatic carbocycles. The van der Waals surface area contributed by atoms with Crippen LogP contribution in [0.3, 0.4) is 0 Å². The number of hydrogen-bond acceptors (Lipinski definition) is 0. The minimum atomic E-state index is -0.101. The first-order valence-electron chi connectivity index (χ1n) is 15.2. The van der Waals surface area contributed by atoms with Gasteiger partial charge in [0, 0.05) is 29.3 Å². The third-order valence-electron chi connectivity index (χ3n) is 7.62. The number of benzene rings is 4. The van der Waals surface area contributed by atoms with E-state index in [0.717, 1.165) is 0 Å². The van der Waals surface area contributed by atoms with Crippen molar-refractivity contribution in [3.05, 3.63) is 205 Å².